The summed E-state index contributed by atoms with van der Waals surface area (Å²) in [6, 6.07) is 17.6. The van der Waals surface area contributed by atoms with Gasteiger partial charge in [0.05, 0.1) is 11.1 Å². The lowest BCUT2D eigenvalue weighted by Gasteiger charge is -2.31. The van der Waals surface area contributed by atoms with Crippen LogP contribution in [0, 0.1) is 5.92 Å². The Morgan fingerprint density at radius 3 is 2.45 bits per heavy atom. The van der Waals surface area contributed by atoms with Gasteiger partial charge >= 0.3 is 0 Å². The molecule has 1 aliphatic rings. The molecule has 2 aromatic rings. The molecule has 0 saturated carbocycles. The van der Waals surface area contributed by atoms with Gasteiger partial charge in [0.1, 0.15) is 5.75 Å². The van der Waals surface area contributed by atoms with Gasteiger partial charge in [0.15, 0.2) is 0 Å². The van der Waals surface area contributed by atoms with E-state index in [2.05, 4.69) is 21.2 Å². The van der Waals surface area contributed by atoms with E-state index < -0.39 is 0 Å². The topological polar surface area (TPSA) is 58.6 Å². The fourth-order valence-corrected chi connectivity index (χ4v) is 3.85. The number of likely N-dealkylation sites (tertiary alicyclic amines) is 1. The van der Waals surface area contributed by atoms with E-state index in [1.165, 1.54) is 0 Å². The predicted octanol–water partition coefficient (Wildman–Crippen LogP) is 4.16. The Kier molecular flexibility index (Phi) is 8.11. The number of para-hydroxylation sites is 1. The third kappa shape index (κ3) is 6.60. The molecule has 1 fully saturated rings. The third-order valence-corrected chi connectivity index (χ3v) is 5.81. The fraction of sp³-hybridized carbons (Fsp3) is 0.391. The van der Waals surface area contributed by atoms with E-state index in [4.69, 9.17) is 4.74 Å². The lowest BCUT2D eigenvalue weighted by molar-refractivity contribution is -0.135. The number of nitrogens with zero attached hydrogens (tertiary/aromatic N) is 1. The molecule has 2 aromatic carbocycles. The second-order valence-corrected chi connectivity index (χ2v) is 8.10. The van der Waals surface area contributed by atoms with Crippen LogP contribution in [-0.4, -0.2) is 36.4 Å². The summed E-state index contributed by atoms with van der Waals surface area (Å²) in [7, 11) is 0. The van der Waals surface area contributed by atoms with Crippen LogP contribution in [0.25, 0.3) is 0 Å². The van der Waals surface area contributed by atoms with Crippen molar-refractivity contribution < 1.29 is 14.3 Å². The maximum absolute atomic E-state index is 12.4. The zero-order valence-electron chi connectivity index (χ0n) is 16.5. The van der Waals surface area contributed by atoms with Gasteiger partial charge in [0, 0.05) is 32.0 Å². The normalized spacial score (nSPS) is 14.4. The monoisotopic (exact) mass is 458 g/mol. The summed E-state index contributed by atoms with van der Waals surface area (Å²) in [6.45, 7) is 2.35. The van der Waals surface area contributed by atoms with Crippen molar-refractivity contribution in [1.82, 2.24) is 10.2 Å². The summed E-state index contributed by atoms with van der Waals surface area (Å²) in [5.74, 6) is 1.01. The maximum atomic E-state index is 12.4. The SMILES string of the molecule is O=C(NCc1ccccc1)C1CCN(C(=O)CCCOc2ccccc2Br)CC1. The van der Waals surface area contributed by atoms with Gasteiger partial charge in [-0.15, -0.1) is 0 Å². The molecule has 1 aliphatic heterocycles. The fourth-order valence-electron chi connectivity index (χ4n) is 3.45. The van der Waals surface area contributed by atoms with Crippen LogP contribution >= 0.6 is 15.9 Å². The number of hydrogen-bond donors (Lipinski definition) is 1. The minimum atomic E-state index is -0.0125. The molecule has 1 heterocycles. The smallest absolute Gasteiger partial charge is 0.223 e. The summed E-state index contributed by atoms with van der Waals surface area (Å²) in [5, 5.41) is 3.01. The molecule has 0 bridgehead atoms. The van der Waals surface area contributed by atoms with Gasteiger partial charge in [-0.1, -0.05) is 42.5 Å². The minimum Gasteiger partial charge on any atom is -0.492 e. The molecule has 29 heavy (non-hydrogen) atoms. The second-order valence-electron chi connectivity index (χ2n) is 7.24. The summed E-state index contributed by atoms with van der Waals surface area (Å²) in [5.41, 5.74) is 1.10. The molecule has 3 rings (SSSR count). The molecule has 1 N–H and O–H groups in total. The van der Waals surface area contributed by atoms with E-state index in [1.807, 2.05) is 59.5 Å². The summed E-state index contributed by atoms with van der Waals surface area (Å²) in [4.78, 5) is 26.7. The Bertz CT molecular complexity index is 805. The van der Waals surface area contributed by atoms with Crippen LogP contribution in [0.2, 0.25) is 0 Å². The van der Waals surface area contributed by atoms with Crippen LogP contribution in [0.4, 0.5) is 0 Å². The summed E-state index contributed by atoms with van der Waals surface area (Å²) >= 11 is 3.45. The van der Waals surface area contributed by atoms with E-state index >= 15 is 0 Å². The maximum Gasteiger partial charge on any atom is 0.223 e. The van der Waals surface area contributed by atoms with Crippen LogP contribution in [0.3, 0.4) is 0 Å². The van der Waals surface area contributed by atoms with Crippen LogP contribution in [0.1, 0.15) is 31.2 Å². The molecular formula is C23H27BrN2O3. The molecule has 6 heteroatoms. The molecule has 0 aliphatic carbocycles. The molecule has 5 nitrogen and oxygen atoms in total. The van der Waals surface area contributed by atoms with Crippen LogP contribution in [-0.2, 0) is 16.1 Å². The number of nitrogens with one attached hydrogen (secondary N) is 1. The van der Waals surface area contributed by atoms with Crippen molar-refractivity contribution in [2.24, 2.45) is 5.92 Å². The van der Waals surface area contributed by atoms with Crippen molar-refractivity contribution in [3.8, 4) is 5.75 Å². The van der Waals surface area contributed by atoms with Gasteiger partial charge in [-0.2, -0.15) is 0 Å². The quantitative estimate of drug-likeness (QED) is 0.604. The molecule has 0 aromatic heterocycles. The van der Waals surface area contributed by atoms with Crippen LogP contribution in [0.5, 0.6) is 5.75 Å². The van der Waals surface area contributed by atoms with Gasteiger partial charge in [-0.25, -0.2) is 0 Å². The zero-order chi connectivity index (χ0) is 20.5. The summed E-state index contributed by atoms with van der Waals surface area (Å²) < 4.78 is 6.63. The Morgan fingerprint density at radius 1 is 1.03 bits per heavy atom. The molecule has 0 spiro atoms. The molecule has 0 unspecified atom stereocenters. The molecule has 0 atom stereocenters. The number of hydrogen-bond acceptors (Lipinski definition) is 3. The highest BCUT2D eigenvalue weighted by molar-refractivity contribution is 9.10. The highest BCUT2D eigenvalue weighted by atomic mass is 79.9. The van der Waals surface area contributed by atoms with Crippen molar-refractivity contribution in [2.45, 2.75) is 32.2 Å². The Hall–Kier alpha value is -2.34. The number of carbonyl (C=O) groups excluding carboxylic acids is 2. The van der Waals surface area contributed by atoms with E-state index in [9.17, 15) is 9.59 Å². The number of halogens is 1. The average molecular weight is 459 g/mol. The van der Waals surface area contributed by atoms with Gasteiger partial charge in [-0.05, 0) is 52.9 Å². The Balaban J connectivity index is 1.32. The first kappa shape index (κ1) is 21.4. The first-order valence-electron chi connectivity index (χ1n) is 10.1. The van der Waals surface area contributed by atoms with E-state index in [0.29, 0.717) is 39.1 Å². The van der Waals surface area contributed by atoms with Crippen molar-refractivity contribution >= 4 is 27.7 Å². The largest absolute Gasteiger partial charge is 0.492 e. The van der Waals surface area contributed by atoms with E-state index in [0.717, 1.165) is 28.6 Å². The number of ether oxygens (including phenoxy) is 1. The predicted molar refractivity (Wildman–Crippen MR) is 116 cm³/mol. The number of carbonyl (C=O) groups is 2. The number of piperidine rings is 1. The molecular weight excluding hydrogens is 432 g/mol. The molecule has 0 radical (unpaired) electrons. The lowest BCUT2D eigenvalue weighted by atomic mass is 9.95. The average Bonchev–Trinajstić information content (AvgIpc) is 2.77. The van der Waals surface area contributed by atoms with Crippen molar-refractivity contribution in [2.75, 3.05) is 19.7 Å². The van der Waals surface area contributed by atoms with Crippen LogP contribution in [0.15, 0.2) is 59.1 Å². The molecule has 1 saturated heterocycles. The zero-order valence-corrected chi connectivity index (χ0v) is 18.1. The first-order chi connectivity index (χ1) is 14.1. The highest BCUT2D eigenvalue weighted by Crippen LogP contribution is 2.24. The van der Waals surface area contributed by atoms with Gasteiger partial charge in [0.2, 0.25) is 11.8 Å². The minimum absolute atomic E-state index is 0.0125. The van der Waals surface area contributed by atoms with Crippen molar-refractivity contribution in [3.05, 3.63) is 64.6 Å². The number of amides is 2. The Morgan fingerprint density at radius 2 is 1.72 bits per heavy atom. The third-order valence-electron chi connectivity index (χ3n) is 5.16. The summed E-state index contributed by atoms with van der Waals surface area (Å²) in [6.07, 6.45) is 2.59. The van der Waals surface area contributed by atoms with E-state index in [-0.39, 0.29) is 17.7 Å². The Labute approximate surface area is 180 Å². The molecule has 154 valence electrons. The van der Waals surface area contributed by atoms with E-state index in [1.54, 1.807) is 0 Å². The van der Waals surface area contributed by atoms with Gasteiger partial charge in [0.25, 0.3) is 0 Å². The lowest BCUT2D eigenvalue weighted by Crippen LogP contribution is -2.42. The van der Waals surface area contributed by atoms with Gasteiger partial charge in [-0.3, -0.25) is 9.59 Å². The van der Waals surface area contributed by atoms with Crippen LogP contribution < -0.4 is 10.1 Å². The standard InChI is InChI=1S/C23H27BrN2O3/c24-20-9-4-5-10-21(20)29-16-6-11-22(27)26-14-12-19(13-15-26)23(28)25-17-18-7-2-1-3-8-18/h1-5,7-10,19H,6,11-17H2,(H,25,28). The number of rotatable bonds is 8. The highest BCUT2D eigenvalue weighted by Gasteiger charge is 2.26. The number of benzene rings is 2. The van der Waals surface area contributed by atoms with Gasteiger partial charge < -0.3 is 15.0 Å². The van der Waals surface area contributed by atoms with Crippen molar-refractivity contribution in [1.29, 1.82) is 0 Å². The van der Waals surface area contributed by atoms with Crippen molar-refractivity contribution in [3.63, 3.8) is 0 Å². The second kappa shape index (κ2) is 11.0. The first-order valence-corrected chi connectivity index (χ1v) is 10.9. The molecule has 2 amide bonds.